The summed E-state index contributed by atoms with van der Waals surface area (Å²) in [7, 11) is 1.70. The summed E-state index contributed by atoms with van der Waals surface area (Å²) in [6.45, 7) is 4.45. The van der Waals surface area contributed by atoms with Crippen molar-refractivity contribution in [2.45, 2.75) is 26.8 Å². The number of hydrogen-bond acceptors (Lipinski definition) is 7. The van der Waals surface area contributed by atoms with Gasteiger partial charge >= 0.3 is 0 Å². The third kappa shape index (κ3) is 4.06. The first-order valence-electron chi connectivity index (χ1n) is 7.93. The average molecular weight is 341 g/mol. The highest BCUT2D eigenvalue weighted by Gasteiger charge is 2.16. The van der Waals surface area contributed by atoms with Crippen molar-refractivity contribution in [1.29, 1.82) is 0 Å². The summed E-state index contributed by atoms with van der Waals surface area (Å²) in [5.74, 6) is 1.40. The van der Waals surface area contributed by atoms with E-state index < -0.39 is 0 Å². The fraction of sp³-hybridized carbons (Fsp3) is 0.375. The number of carbonyl (C=O) groups is 1. The van der Waals surface area contributed by atoms with Gasteiger partial charge < -0.3 is 9.42 Å². The second-order valence-corrected chi connectivity index (χ2v) is 6.16. The summed E-state index contributed by atoms with van der Waals surface area (Å²) in [5.41, 5.74) is 1.34. The van der Waals surface area contributed by atoms with Gasteiger partial charge in [-0.15, -0.1) is 5.10 Å². The molecule has 0 N–H and O–H groups in total. The summed E-state index contributed by atoms with van der Waals surface area (Å²) >= 11 is 0. The van der Waals surface area contributed by atoms with E-state index in [-0.39, 0.29) is 12.5 Å². The smallest absolute Gasteiger partial charge is 0.254 e. The number of aromatic nitrogens is 6. The van der Waals surface area contributed by atoms with Gasteiger partial charge in [-0.1, -0.05) is 19.0 Å². The third-order valence-corrected chi connectivity index (χ3v) is 3.55. The van der Waals surface area contributed by atoms with Crippen LogP contribution in [0.2, 0.25) is 0 Å². The van der Waals surface area contributed by atoms with Crippen LogP contribution in [-0.4, -0.2) is 48.2 Å². The molecule has 0 radical (unpaired) electrons. The molecule has 0 fully saturated rings. The molecule has 0 spiro atoms. The van der Waals surface area contributed by atoms with Crippen LogP contribution in [0.25, 0.3) is 5.69 Å². The summed E-state index contributed by atoms with van der Waals surface area (Å²) in [4.78, 5) is 18.4. The lowest BCUT2D eigenvalue weighted by molar-refractivity contribution is 0.0780. The zero-order valence-electron chi connectivity index (χ0n) is 14.3. The number of benzene rings is 1. The summed E-state index contributed by atoms with van der Waals surface area (Å²) in [6.07, 6.45) is 2.22. The molecule has 9 heteroatoms. The zero-order chi connectivity index (χ0) is 17.8. The van der Waals surface area contributed by atoms with Crippen LogP contribution in [0.15, 0.2) is 35.1 Å². The molecule has 3 aromatic rings. The van der Waals surface area contributed by atoms with Crippen LogP contribution in [0.4, 0.5) is 0 Å². The molecular weight excluding hydrogens is 322 g/mol. The van der Waals surface area contributed by atoms with E-state index in [1.165, 1.54) is 11.0 Å². The Bertz CT molecular complexity index is 825. The molecule has 0 aliphatic carbocycles. The first-order valence-corrected chi connectivity index (χ1v) is 7.93. The first kappa shape index (κ1) is 16.7. The molecule has 130 valence electrons. The van der Waals surface area contributed by atoms with Crippen molar-refractivity contribution in [2.75, 3.05) is 7.05 Å². The molecule has 0 saturated carbocycles. The number of rotatable bonds is 6. The Hall–Kier alpha value is -3.10. The van der Waals surface area contributed by atoms with Crippen LogP contribution in [0.5, 0.6) is 0 Å². The van der Waals surface area contributed by atoms with Gasteiger partial charge in [0.25, 0.3) is 5.91 Å². The molecule has 3 rings (SSSR count). The number of nitrogens with zero attached hydrogens (tertiary/aromatic N) is 7. The predicted octanol–water partition coefficient (Wildman–Crippen LogP) is 1.52. The maximum Gasteiger partial charge on any atom is 0.254 e. The predicted molar refractivity (Wildman–Crippen MR) is 87.8 cm³/mol. The molecule has 0 atom stereocenters. The number of tetrazole rings is 1. The Labute approximate surface area is 144 Å². The van der Waals surface area contributed by atoms with Crippen LogP contribution in [-0.2, 0) is 13.0 Å². The normalized spacial score (nSPS) is 11.0. The molecule has 0 saturated heterocycles. The monoisotopic (exact) mass is 341 g/mol. The van der Waals surface area contributed by atoms with Gasteiger partial charge in [-0.25, -0.2) is 4.68 Å². The Balaban J connectivity index is 1.64. The van der Waals surface area contributed by atoms with E-state index in [0.29, 0.717) is 23.2 Å². The van der Waals surface area contributed by atoms with E-state index in [4.69, 9.17) is 4.52 Å². The highest BCUT2D eigenvalue weighted by atomic mass is 16.5. The van der Waals surface area contributed by atoms with Crippen LogP contribution in [0.1, 0.15) is 35.9 Å². The number of amides is 1. The molecule has 1 aromatic carbocycles. The van der Waals surface area contributed by atoms with Crippen LogP contribution in [0, 0.1) is 5.92 Å². The Kier molecular flexibility index (Phi) is 4.82. The topological polar surface area (TPSA) is 103 Å². The van der Waals surface area contributed by atoms with Gasteiger partial charge in [-0.2, -0.15) is 4.98 Å². The van der Waals surface area contributed by atoms with E-state index >= 15 is 0 Å². The van der Waals surface area contributed by atoms with Crippen molar-refractivity contribution < 1.29 is 9.32 Å². The van der Waals surface area contributed by atoms with E-state index in [1.807, 2.05) is 0 Å². The van der Waals surface area contributed by atoms with Gasteiger partial charge in [0.15, 0.2) is 5.82 Å². The van der Waals surface area contributed by atoms with Gasteiger partial charge in [0.05, 0.1) is 12.2 Å². The minimum Gasteiger partial charge on any atom is -0.339 e. The molecule has 2 aromatic heterocycles. The summed E-state index contributed by atoms with van der Waals surface area (Å²) in [6, 6.07) is 7.03. The molecular formula is C16H19N7O2. The van der Waals surface area contributed by atoms with Crippen molar-refractivity contribution >= 4 is 5.91 Å². The van der Waals surface area contributed by atoms with Crippen molar-refractivity contribution in [3.05, 3.63) is 47.9 Å². The Morgan fingerprint density at radius 3 is 2.68 bits per heavy atom. The standard InChI is InChI=1S/C16H19N7O2/c1-11(2)8-15-18-14(19-25-15)9-22(3)16(24)12-4-6-13(7-5-12)23-10-17-20-21-23/h4-7,10-11H,8-9H2,1-3H3. The highest BCUT2D eigenvalue weighted by Crippen LogP contribution is 2.12. The number of carbonyl (C=O) groups excluding carboxylic acids is 1. The molecule has 2 heterocycles. The fourth-order valence-electron chi connectivity index (χ4n) is 2.33. The van der Waals surface area contributed by atoms with Gasteiger partial charge in [0, 0.05) is 19.0 Å². The van der Waals surface area contributed by atoms with E-state index in [2.05, 4.69) is 39.5 Å². The second kappa shape index (κ2) is 7.20. The minimum absolute atomic E-state index is 0.126. The summed E-state index contributed by atoms with van der Waals surface area (Å²) < 4.78 is 6.72. The molecule has 0 bridgehead atoms. The lowest BCUT2D eigenvalue weighted by Crippen LogP contribution is -2.26. The second-order valence-electron chi connectivity index (χ2n) is 6.16. The van der Waals surface area contributed by atoms with Crippen molar-refractivity contribution in [3.8, 4) is 5.69 Å². The van der Waals surface area contributed by atoms with Crippen molar-refractivity contribution in [1.82, 2.24) is 35.2 Å². The van der Waals surface area contributed by atoms with Gasteiger partial charge in [0.2, 0.25) is 5.89 Å². The average Bonchev–Trinajstić information content (AvgIpc) is 3.26. The quantitative estimate of drug-likeness (QED) is 0.669. The third-order valence-electron chi connectivity index (χ3n) is 3.55. The number of hydrogen-bond donors (Lipinski definition) is 0. The zero-order valence-corrected chi connectivity index (χ0v) is 14.3. The molecule has 0 aliphatic rings. The van der Waals surface area contributed by atoms with E-state index in [1.54, 1.807) is 36.2 Å². The summed E-state index contributed by atoms with van der Waals surface area (Å²) in [5, 5.41) is 14.9. The van der Waals surface area contributed by atoms with Gasteiger partial charge in [-0.3, -0.25) is 4.79 Å². The van der Waals surface area contributed by atoms with Crippen molar-refractivity contribution in [3.63, 3.8) is 0 Å². The Morgan fingerprint density at radius 2 is 2.04 bits per heavy atom. The largest absolute Gasteiger partial charge is 0.339 e. The van der Waals surface area contributed by atoms with Crippen LogP contribution < -0.4 is 0 Å². The van der Waals surface area contributed by atoms with Crippen LogP contribution in [0.3, 0.4) is 0 Å². The Morgan fingerprint density at radius 1 is 1.28 bits per heavy atom. The molecule has 25 heavy (non-hydrogen) atoms. The minimum atomic E-state index is -0.126. The van der Waals surface area contributed by atoms with E-state index in [0.717, 1.165) is 12.1 Å². The lowest BCUT2D eigenvalue weighted by atomic mass is 10.1. The van der Waals surface area contributed by atoms with E-state index in [9.17, 15) is 4.79 Å². The lowest BCUT2D eigenvalue weighted by Gasteiger charge is -2.15. The van der Waals surface area contributed by atoms with Gasteiger partial charge in [-0.05, 0) is 40.6 Å². The van der Waals surface area contributed by atoms with Crippen LogP contribution >= 0.6 is 0 Å². The highest BCUT2D eigenvalue weighted by molar-refractivity contribution is 5.94. The molecule has 1 amide bonds. The van der Waals surface area contributed by atoms with Gasteiger partial charge in [0.1, 0.15) is 6.33 Å². The molecule has 9 nitrogen and oxygen atoms in total. The molecule has 0 unspecified atom stereocenters. The fourth-order valence-corrected chi connectivity index (χ4v) is 2.33. The maximum absolute atomic E-state index is 12.5. The maximum atomic E-state index is 12.5. The SMILES string of the molecule is CC(C)Cc1nc(CN(C)C(=O)c2ccc(-n3cnnn3)cc2)no1. The molecule has 0 aliphatic heterocycles. The first-order chi connectivity index (χ1) is 12.0. The van der Waals surface area contributed by atoms with Crippen molar-refractivity contribution in [2.24, 2.45) is 5.92 Å².